The third kappa shape index (κ3) is 16.9. The molecule has 0 aliphatic heterocycles. The van der Waals surface area contributed by atoms with Crippen molar-refractivity contribution in [1.29, 1.82) is 0 Å². The number of nitro groups is 1. The fraction of sp³-hybridized carbons (Fsp3) is 0.404. The van der Waals surface area contributed by atoms with Crippen LogP contribution < -0.4 is 14.4 Å². The number of carbonyl (C=O) groups excluding carboxylic acids is 1. The van der Waals surface area contributed by atoms with Gasteiger partial charge < -0.3 is 19.1 Å². The maximum atomic E-state index is 12.7. The van der Waals surface area contributed by atoms with Crippen LogP contribution in [-0.4, -0.2) is 44.8 Å². The molecule has 0 N–H and O–H groups in total. The molecule has 0 aliphatic rings. The minimum absolute atomic E-state index is 0.00998. The van der Waals surface area contributed by atoms with Crippen molar-refractivity contribution in [3.8, 4) is 11.5 Å². The summed E-state index contributed by atoms with van der Waals surface area (Å²) in [6, 6.07) is 31.3. The zero-order valence-electron chi connectivity index (χ0n) is 40.2. The molecule has 16 nitrogen and oxygen atoms in total. The summed E-state index contributed by atoms with van der Waals surface area (Å²) in [5.74, 6) is 0.714. The number of rotatable bonds is 28. The number of azo groups is 4. The van der Waals surface area contributed by atoms with Gasteiger partial charge in [0.05, 0.1) is 65.2 Å². The molecule has 5 aromatic carbocycles. The molecule has 0 aliphatic carbocycles. The first-order chi connectivity index (χ1) is 33.0. The van der Waals surface area contributed by atoms with E-state index in [1.54, 1.807) is 74.9 Å². The number of methoxy groups -OCH3 is 2. The lowest BCUT2D eigenvalue weighted by molar-refractivity contribution is -0.384. The van der Waals surface area contributed by atoms with Gasteiger partial charge >= 0.3 is 5.97 Å². The number of carbonyl (C=O) groups is 1. The number of nitro benzene ring substituents is 1. The molecule has 0 amide bonds. The highest BCUT2D eigenvalue weighted by molar-refractivity contribution is 5.75. The first kappa shape index (κ1) is 51.7. The zero-order chi connectivity index (χ0) is 48.6. The van der Waals surface area contributed by atoms with Gasteiger partial charge in [-0.05, 0) is 112 Å². The Kier molecular flexibility index (Phi) is 20.9. The lowest BCUT2D eigenvalue weighted by atomic mass is 9.91. The van der Waals surface area contributed by atoms with E-state index in [0.717, 1.165) is 25.1 Å². The molecular formula is C52H64N10O6. The number of unbranched alkanes of at least 4 members (excludes halogenated alkanes) is 9. The summed E-state index contributed by atoms with van der Waals surface area (Å²) in [4.78, 5) is 25.4. The van der Waals surface area contributed by atoms with E-state index in [4.69, 9.17) is 14.2 Å². The fourth-order valence-corrected chi connectivity index (χ4v) is 6.77. The van der Waals surface area contributed by atoms with Gasteiger partial charge in [-0.25, -0.2) is 0 Å². The molecular weight excluding hydrogens is 861 g/mol. The van der Waals surface area contributed by atoms with Crippen molar-refractivity contribution >= 4 is 62.8 Å². The number of esters is 1. The van der Waals surface area contributed by atoms with Crippen LogP contribution >= 0.6 is 0 Å². The van der Waals surface area contributed by atoms with Crippen LogP contribution in [0.15, 0.2) is 150 Å². The summed E-state index contributed by atoms with van der Waals surface area (Å²) in [6.45, 7) is 9.90. The molecule has 0 heterocycles. The van der Waals surface area contributed by atoms with Crippen LogP contribution in [0.5, 0.6) is 11.5 Å². The smallest absolute Gasteiger partial charge is 0.311 e. The summed E-state index contributed by atoms with van der Waals surface area (Å²) in [7, 11) is 3.10. The van der Waals surface area contributed by atoms with Crippen LogP contribution in [0.25, 0.3) is 0 Å². The Labute approximate surface area is 399 Å². The molecule has 0 unspecified atom stereocenters. The predicted octanol–water partition coefficient (Wildman–Crippen LogP) is 17.0. The molecule has 16 heteroatoms. The van der Waals surface area contributed by atoms with Crippen LogP contribution in [0.3, 0.4) is 0 Å². The second-order valence-electron chi connectivity index (χ2n) is 16.9. The van der Waals surface area contributed by atoms with Crippen molar-refractivity contribution in [2.45, 2.75) is 98.3 Å². The quantitative estimate of drug-likeness (QED) is 0.0157. The van der Waals surface area contributed by atoms with Crippen LogP contribution in [0.2, 0.25) is 0 Å². The van der Waals surface area contributed by atoms with Crippen LogP contribution in [0.1, 0.15) is 98.3 Å². The maximum absolute atomic E-state index is 12.7. The van der Waals surface area contributed by atoms with Crippen molar-refractivity contribution in [3.63, 3.8) is 0 Å². The average molecular weight is 925 g/mol. The van der Waals surface area contributed by atoms with E-state index in [0.29, 0.717) is 70.1 Å². The van der Waals surface area contributed by atoms with Crippen molar-refractivity contribution in [3.05, 3.63) is 119 Å². The van der Waals surface area contributed by atoms with Gasteiger partial charge in [0, 0.05) is 36.5 Å². The molecule has 5 aromatic rings. The van der Waals surface area contributed by atoms with Gasteiger partial charge in [-0.1, -0.05) is 71.6 Å². The Bertz CT molecular complexity index is 2460. The predicted molar refractivity (Wildman–Crippen MR) is 268 cm³/mol. The first-order valence-electron chi connectivity index (χ1n) is 23.4. The Morgan fingerprint density at radius 1 is 0.544 bits per heavy atom. The molecule has 358 valence electrons. The number of hydrogen-bond acceptors (Lipinski definition) is 15. The Morgan fingerprint density at radius 3 is 1.29 bits per heavy atom. The lowest BCUT2D eigenvalue weighted by Gasteiger charge is -2.26. The molecule has 0 saturated heterocycles. The first-order valence-corrected chi connectivity index (χ1v) is 23.4. The summed E-state index contributed by atoms with van der Waals surface area (Å²) in [5, 5.41) is 45.6. The van der Waals surface area contributed by atoms with E-state index in [1.807, 2.05) is 45.0 Å². The summed E-state index contributed by atoms with van der Waals surface area (Å²) in [5.41, 5.74) is 4.99. The van der Waals surface area contributed by atoms with Crippen molar-refractivity contribution in [2.24, 2.45) is 46.3 Å². The minimum atomic E-state index is -0.507. The fourth-order valence-electron chi connectivity index (χ4n) is 6.77. The molecule has 68 heavy (non-hydrogen) atoms. The molecule has 0 saturated carbocycles. The summed E-state index contributed by atoms with van der Waals surface area (Å²) >= 11 is 0. The second kappa shape index (κ2) is 27.4. The SMILES string of the molecule is CCCCCCCCCCCCN(CCOC(=O)C(C)(C)CC)c1ccc(N=Nc2cc(OC)c(N=Nc3ccc(N=Nc4ccc(N=Nc5ccc([N+](=O)[O-])cc5)cc4)cc3)cc2OC)cc1. The van der Waals surface area contributed by atoms with Gasteiger partial charge in [-0.2, -0.15) is 30.7 Å². The molecule has 0 fully saturated rings. The van der Waals surface area contributed by atoms with Crippen LogP contribution in [0, 0.1) is 15.5 Å². The normalized spacial score (nSPS) is 11.9. The molecule has 5 rings (SSSR count). The van der Waals surface area contributed by atoms with E-state index in [-0.39, 0.29) is 11.7 Å². The largest absolute Gasteiger partial charge is 0.494 e. The van der Waals surface area contributed by atoms with E-state index in [2.05, 4.69) is 52.7 Å². The topological polar surface area (TPSA) is 190 Å². The monoisotopic (exact) mass is 925 g/mol. The highest BCUT2D eigenvalue weighted by Crippen LogP contribution is 2.41. The number of benzene rings is 5. The highest BCUT2D eigenvalue weighted by Gasteiger charge is 2.27. The highest BCUT2D eigenvalue weighted by atomic mass is 16.6. The van der Waals surface area contributed by atoms with Crippen molar-refractivity contribution < 1.29 is 23.9 Å². The summed E-state index contributed by atoms with van der Waals surface area (Å²) in [6.07, 6.45) is 13.4. The standard InChI is InChI=1S/C52H64N10O6/c1-7-9-10-11-12-13-14-15-16-17-34-61(35-36-68-51(63)52(3,4)8-2)45-30-26-44(27-31-45)58-60-48-38-49(66-5)47(37-50(48)67-6)59-57-42-24-22-41(23-25-42)54-53-39-18-20-40(21-19-39)55-56-43-28-32-46(33-29-43)62(64)65/h18-33,37-38H,7-17,34-36H2,1-6H3. The van der Waals surface area contributed by atoms with Gasteiger partial charge in [0.15, 0.2) is 0 Å². The third-order valence-corrected chi connectivity index (χ3v) is 11.4. The van der Waals surface area contributed by atoms with Crippen molar-refractivity contribution in [2.75, 3.05) is 38.8 Å². The third-order valence-electron chi connectivity index (χ3n) is 11.4. The van der Waals surface area contributed by atoms with Crippen LogP contribution in [-0.2, 0) is 9.53 Å². The van der Waals surface area contributed by atoms with Gasteiger partial charge in [-0.3, -0.25) is 14.9 Å². The van der Waals surface area contributed by atoms with Gasteiger partial charge in [-0.15, -0.1) is 10.2 Å². The Balaban J connectivity index is 1.17. The van der Waals surface area contributed by atoms with E-state index in [1.165, 1.54) is 82.1 Å². The number of anilines is 1. The van der Waals surface area contributed by atoms with Crippen LogP contribution in [0.4, 0.5) is 56.9 Å². The number of ether oxygens (including phenoxy) is 3. The number of hydrogen-bond donors (Lipinski definition) is 0. The zero-order valence-corrected chi connectivity index (χ0v) is 40.2. The van der Waals surface area contributed by atoms with Gasteiger partial charge in [0.25, 0.3) is 5.69 Å². The van der Waals surface area contributed by atoms with Gasteiger partial charge in [0.1, 0.15) is 29.5 Å². The van der Waals surface area contributed by atoms with Crippen molar-refractivity contribution in [1.82, 2.24) is 0 Å². The number of nitrogens with zero attached hydrogens (tertiary/aromatic N) is 10. The average Bonchev–Trinajstić information content (AvgIpc) is 3.36. The Morgan fingerprint density at radius 2 is 0.912 bits per heavy atom. The maximum Gasteiger partial charge on any atom is 0.311 e. The van der Waals surface area contributed by atoms with Gasteiger partial charge in [0.2, 0.25) is 0 Å². The van der Waals surface area contributed by atoms with E-state index < -0.39 is 10.3 Å². The molecule has 0 aromatic heterocycles. The summed E-state index contributed by atoms with van der Waals surface area (Å²) < 4.78 is 17.0. The Hall–Kier alpha value is -7.23. The molecule has 0 radical (unpaired) electrons. The lowest BCUT2D eigenvalue weighted by Crippen LogP contribution is -2.32. The van der Waals surface area contributed by atoms with E-state index >= 15 is 0 Å². The van der Waals surface area contributed by atoms with E-state index in [9.17, 15) is 14.9 Å². The number of non-ortho nitro benzene ring substituents is 1. The molecule has 0 bridgehead atoms. The molecule has 0 atom stereocenters. The second-order valence-corrected chi connectivity index (χ2v) is 16.9. The molecule has 0 spiro atoms. The minimum Gasteiger partial charge on any atom is -0.494 e.